The molecule has 0 bridgehead atoms. The van der Waals surface area contributed by atoms with Crippen LogP contribution < -0.4 is 10.6 Å². The van der Waals surface area contributed by atoms with Gasteiger partial charge in [-0.2, -0.15) is 0 Å². The third-order valence-electron chi connectivity index (χ3n) is 4.48. The number of hydrogen-bond donors (Lipinski definition) is 2. The van der Waals surface area contributed by atoms with Crippen LogP contribution in [0.15, 0.2) is 18.2 Å². The van der Waals surface area contributed by atoms with Crippen LogP contribution in [-0.2, 0) is 14.3 Å². The van der Waals surface area contributed by atoms with Crippen molar-refractivity contribution in [2.24, 2.45) is 5.92 Å². The van der Waals surface area contributed by atoms with Gasteiger partial charge in [-0.15, -0.1) is 0 Å². The first-order valence-corrected chi connectivity index (χ1v) is 9.39. The molecule has 2 rings (SSSR count). The summed E-state index contributed by atoms with van der Waals surface area (Å²) in [5, 5.41) is 15.8. The number of esters is 1. The number of carbonyl (C=O) groups is 3. The van der Waals surface area contributed by atoms with Crippen molar-refractivity contribution in [2.45, 2.75) is 32.1 Å². The Labute approximate surface area is 166 Å². The number of nitro benzene ring substituents is 1. The number of amides is 2. The van der Waals surface area contributed by atoms with E-state index in [-0.39, 0.29) is 10.6 Å². The van der Waals surface area contributed by atoms with Crippen LogP contribution in [0.2, 0.25) is 5.02 Å². The zero-order valence-electron chi connectivity index (χ0n) is 15.2. The highest BCUT2D eigenvalue weighted by atomic mass is 35.5. The van der Waals surface area contributed by atoms with Crippen molar-refractivity contribution in [1.29, 1.82) is 0 Å². The van der Waals surface area contributed by atoms with E-state index in [2.05, 4.69) is 10.6 Å². The van der Waals surface area contributed by atoms with Gasteiger partial charge in [0.05, 0.1) is 4.92 Å². The molecule has 0 atom stereocenters. The number of ether oxygens (including phenoxy) is 1. The Morgan fingerprint density at radius 3 is 2.57 bits per heavy atom. The van der Waals surface area contributed by atoms with Gasteiger partial charge in [-0.25, -0.2) is 0 Å². The van der Waals surface area contributed by atoms with Crippen LogP contribution >= 0.6 is 11.6 Å². The van der Waals surface area contributed by atoms with Crippen molar-refractivity contribution in [3.63, 3.8) is 0 Å². The lowest BCUT2D eigenvalue weighted by atomic mass is 9.89. The predicted octanol–water partition coefficient (Wildman–Crippen LogP) is 2.22. The fraction of sp³-hybridized carbons (Fsp3) is 0.500. The van der Waals surface area contributed by atoms with E-state index in [1.807, 2.05) is 0 Å². The Balaban J connectivity index is 1.70. The predicted molar refractivity (Wildman–Crippen MR) is 101 cm³/mol. The molecule has 0 unspecified atom stereocenters. The molecule has 1 aromatic rings. The third-order valence-corrected chi connectivity index (χ3v) is 4.79. The highest BCUT2D eigenvalue weighted by molar-refractivity contribution is 6.32. The Kier molecular flexibility index (Phi) is 8.19. The molecule has 10 heteroatoms. The van der Waals surface area contributed by atoms with Gasteiger partial charge in [0.25, 0.3) is 17.5 Å². The number of rotatable bonds is 8. The fourth-order valence-corrected chi connectivity index (χ4v) is 3.13. The van der Waals surface area contributed by atoms with Crippen LogP contribution in [0.4, 0.5) is 5.69 Å². The highest BCUT2D eigenvalue weighted by Crippen LogP contribution is 2.25. The lowest BCUT2D eigenvalue weighted by Crippen LogP contribution is -2.36. The van der Waals surface area contributed by atoms with Crippen LogP contribution in [-0.4, -0.2) is 42.4 Å². The largest absolute Gasteiger partial charge is 0.454 e. The molecular weight excluding hydrogens is 390 g/mol. The first-order valence-electron chi connectivity index (χ1n) is 9.01. The van der Waals surface area contributed by atoms with Crippen molar-refractivity contribution >= 4 is 35.1 Å². The molecule has 152 valence electrons. The summed E-state index contributed by atoms with van der Waals surface area (Å²) in [5.74, 6) is -1.40. The minimum Gasteiger partial charge on any atom is -0.454 e. The summed E-state index contributed by atoms with van der Waals surface area (Å²) in [6.07, 6.45) is 5.76. The molecule has 0 aromatic heterocycles. The Bertz CT molecular complexity index is 749. The molecule has 1 aliphatic rings. The normalized spacial score (nSPS) is 14.2. The van der Waals surface area contributed by atoms with E-state index in [9.17, 15) is 24.5 Å². The van der Waals surface area contributed by atoms with Crippen LogP contribution in [0.5, 0.6) is 0 Å². The minimum atomic E-state index is -0.787. The highest BCUT2D eigenvalue weighted by Gasteiger charge is 2.18. The van der Waals surface area contributed by atoms with E-state index in [4.69, 9.17) is 16.3 Å². The van der Waals surface area contributed by atoms with Gasteiger partial charge in [0.15, 0.2) is 6.61 Å². The average molecular weight is 412 g/mol. The Hall–Kier alpha value is -2.68. The van der Waals surface area contributed by atoms with E-state index in [1.165, 1.54) is 31.4 Å². The smallest absolute Gasteiger partial charge is 0.325 e. The van der Waals surface area contributed by atoms with Crippen molar-refractivity contribution in [1.82, 2.24) is 10.6 Å². The second-order valence-electron chi connectivity index (χ2n) is 6.57. The molecule has 9 nitrogen and oxygen atoms in total. The Morgan fingerprint density at radius 2 is 1.89 bits per heavy atom. The maximum atomic E-state index is 12.0. The van der Waals surface area contributed by atoms with Crippen molar-refractivity contribution in [3.8, 4) is 0 Å². The number of nitrogens with one attached hydrogen (secondary N) is 2. The van der Waals surface area contributed by atoms with Crippen molar-refractivity contribution in [3.05, 3.63) is 38.9 Å². The minimum absolute atomic E-state index is 0.0193. The molecule has 1 fully saturated rings. The SMILES string of the molecule is O=C(COC(=O)CNC(=O)c1ccc(Cl)c([N+](=O)[O-])c1)NCC1CCCCC1. The van der Waals surface area contributed by atoms with Crippen molar-refractivity contribution in [2.75, 3.05) is 19.7 Å². The maximum Gasteiger partial charge on any atom is 0.325 e. The molecule has 2 amide bonds. The zero-order chi connectivity index (χ0) is 20.5. The summed E-state index contributed by atoms with van der Waals surface area (Å²) in [5.41, 5.74) is -0.430. The summed E-state index contributed by atoms with van der Waals surface area (Å²) in [6, 6.07) is 3.54. The van der Waals surface area contributed by atoms with Gasteiger partial charge < -0.3 is 15.4 Å². The van der Waals surface area contributed by atoms with Crippen LogP contribution in [0.25, 0.3) is 0 Å². The molecule has 1 aromatic carbocycles. The zero-order valence-corrected chi connectivity index (χ0v) is 16.0. The lowest BCUT2D eigenvalue weighted by molar-refractivity contribution is -0.384. The quantitative estimate of drug-likeness (QED) is 0.383. The number of carbonyl (C=O) groups excluding carboxylic acids is 3. The van der Waals surface area contributed by atoms with Gasteiger partial charge >= 0.3 is 5.97 Å². The molecule has 0 heterocycles. The first kappa shape index (κ1) is 21.6. The molecule has 0 saturated heterocycles. The Morgan fingerprint density at radius 1 is 1.18 bits per heavy atom. The summed E-state index contributed by atoms with van der Waals surface area (Å²) in [4.78, 5) is 45.5. The van der Waals surface area contributed by atoms with Gasteiger partial charge in [-0.05, 0) is 30.9 Å². The van der Waals surface area contributed by atoms with E-state index in [1.54, 1.807) is 0 Å². The first-order chi connectivity index (χ1) is 13.4. The van der Waals surface area contributed by atoms with Gasteiger partial charge in [0, 0.05) is 18.2 Å². The van der Waals surface area contributed by atoms with E-state index < -0.39 is 41.5 Å². The summed E-state index contributed by atoms with van der Waals surface area (Å²) in [7, 11) is 0. The molecule has 28 heavy (non-hydrogen) atoms. The molecule has 1 aliphatic carbocycles. The molecule has 0 spiro atoms. The number of halogens is 1. The van der Waals surface area contributed by atoms with Gasteiger partial charge in [-0.1, -0.05) is 30.9 Å². The van der Waals surface area contributed by atoms with Gasteiger partial charge in [-0.3, -0.25) is 24.5 Å². The van der Waals surface area contributed by atoms with Gasteiger partial charge in [0.2, 0.25) is 0 Å². The average Bonchev–Trinajstić information content (AvgIpc) is 2.69. The summed E-state index contributed by atoms with van der Waals surface area (Å²) in [6.45, 7) is -0.318. The van der Waals surface area contributed by atoms with Crippen LogP contribution in [0, 0.1) is 16.0 Å². The van der Waals surface area contributed by atoms with Crippen LogP contribution in [0.1, 0.15) is 42.5 Å². The van der Waals surface area contributed by atoms with E-state index in [0.29, 0.717) is 12.5 Å². The third kappa shape index (κ3) is 6.80. The molecule has 1 saturated carbocycles. The summed E-state index contributed by atoms with van der Waals surface area (Å²) >= 11 is 5.68. The van der Waals surface area contributed by atoms with Crippen LogP contribution in [0.3, 0.4) is 0 Å². The van der Waals surface area contributed by atoms with Gasteiger partial charge in [0.1, 0.15) is 11.6 Å². The number of benzene rings is 1. The van der Waals surface area contributed by atoms with E-state index in [0.717, 1.165) is 18.9 Å². The monoisotopic (exact) mass is 411 g/mol. The lowest BCUT2D eigenvalue weighted by Gasteiger charge is -2.21. The maximum absolute atomic E-state index is 12.0. The second-order valence-corrected chi connectivity index (χ2v) is 6.98. The standard InChI is InChI=1S/C18H22ClN3O6/c19-14-7-6-13(8-15(14)22(26)27)18(25)21-10-17(24)28-11-16(23)20-9-12-4-2-1-3-5-12/h6-8,12H,1-5,9-11H2,(H,20,23)(H,21,25). The number of nitro groups is 1. The summed E-state index contributed by atoms with van der Waals surface area (Å²) < 4.78 is 4.82. The molecular formula is C18H22ClN3O6. The second kappa shape index (κ2) is 10.6. The number of hydrogen-bond acceptors (Lipinski definition) is 6. The topological polar surface area (TPSA) is 128 Å². The van der Waals surface area contributed by atoms with Crippen molar-refractivity contribution < 1.29 is 24.0 Å². The van der Waals surface area contributed by atoms with E-state index >= 15 is 0 Å². The fourth-order valence-electron chi connectivity index (χ4n) is 2.95. The molecule has 2 N–H and O–H groups in total. The molecule has 0 aliphatic heterocycles. The molecule has 0 radical (unpaired) electrons. The number of nitrogens with zero attached hydrogens (tertiary/aromatic N) is 1.